The lowest BCUT2D eigenvalue weighted by Gasteiger charge is -2.26. The standard InChI is InChI=1S/C28H25N5O3S2/c1-2-16-36-20-12-10-18(11-13-20)22(29)28(35)33-15-6-9-21(33)24(34)32-25-23(19-7-4-3-5-8-19)31-27(38-25)26-30-14-17-37-26/h1,3-5,7-8,10-14,17,21-22H,6,9,15-16,29H2,(H,32,34)/t21-,22-/m0/s1. The van der Waals surface area contributed by atoms with Crippen LogP contribution in [-0.2, 0) is 9.59 Å². The molecule has 1 aliphatic heterocycles. The first kappa shape index (κ1) is 25.6. The van der Waals surface area contributed by atoms with Gasteiger partial charge in [-0.15, -0.1) is 17.8 Å². The van der Waals surface area contributed by atoms with E-state index in [4.69, 9.17) is 21.9 Å². The van der Waals surface area contributed by atoms with Crippen LogP contribution in [0.1, 0.15) is 24.4 Å². The van der Waals surface area contributed by atoms with Gasteiger partial charge in [0, 0.05) is 23.7 Å². The average Bonchev–Trinajstić information content (AvgIpc) is 3.73. The molecule has 0 saturated carbocycles. The fourth-order valence-electron chi connectivity index (χ4n) is 4.33. The number of nitrogens with zero attached hydrogens (tertiary/aromatic N) is 3. The van der Waals surface area contributed by atoms with Crippen molar-refractivity contribution < 1.29 is 14.3 Å². The third kappa shape index (κ3) is 5.45. The highest BCUT2D eigenvalue weighted by Gasteiger charge is 2.37. The summed E-state index contributed by atoms with van der Waals surface area (Å²) in [7, 11) is 0. The maximum absolute atomic E-state index is 13.5. The van der Waals surface area contributed by atoms with Gasteiger partial charge in [-0.1, -0.05) is 59.7 Å². The smallest absolute Gasteiger partial charge is 0.247 e. The normalized spacial score (nSPS) is 15.6. The Kier molecular flexibility index (Phi) is 7.79. The third-order valence-electron chi connectivity index (χ3n) is 6.19. The third-order valence-corrected chi connectivity index (χ3v) is 8.08. The zero-order valence-corrected chi connectivity index (χ0v) is 22.0. The van der Waals surface area contributed by atoms with E-state index in [9.17, 15) is 9.59 Å². The molecule has 3 heterocycles. The predicted octanol–water partition coefficient (Wildman–Crippen LogP) is 4.58. The first-order valence-electron chi connectivity index (χ1n) is 12.0. The summed E-state index contributed by atoms with van der Waals surface area (Å²) in [4.78, 5) is 37.6. The van der Waals surface area contributed by atoms with E-state index >= 15 is 0 Å². The van der Waals surface area contributed by atoms with Gasteiger partial charge < -0.3 is 20.7 Å². The predicted molar refractivity (Wildman–Crippen MR) is 150 cm³/mol. The van der Waals surface area contributed by atoms with Gasteiger partial charge in [-0.25, -0.2) is 9.97 Å². The molecule has 10 heteroatoms. The van der Waals surface area contributed by atoms with Crippen LogP contribution in [0.25, 0.3) is 21.3 Å². The zero-order valence-electron chi connectivity index (χ0n) is 20.4. The molecule has 1 fully saturated rings. The van der Waals surface area contributed by atoms with Gasteiger partial charge in [0.1, 0.15) is 35.1 Å². The summed E-state index contributed by atoms with van der Waals surface area (Å²) in [5, 5.41) is 7.07. The second kappa shape index (κ2) is 11.6. The van der Waals surface area contributed by atoms with E-state index in [0.29, 0.717) is 41.4 Å². The van der Waals surface area contributed by atoms with Gasteiger partial charge in [0.15, 0.2) is 10.0 Å². The molecule has 0 spiro atoms. The molecule has 0 aliphatic carbocycles. The molecule has 4 aromatic rings. The van der Waals surface area contributed by atoms with Gasteiger partial charge in [-0.05, 0) is 30.5 Å². The number of carbonyl (C=O) groups excluding carboxylic acids is 2. The van der Waals surface area contributed by atoms with Gasteiger partial charge in [0.05, 0.1) is 0 Å². The van der Waals surface area contributed by atoms with E-state index in [-0.39, 0.29) is 18.4 Å². The Bertz CT molecular complexity index is 1450. The molecular formula is C28H25N5O3S2. The second-order valence-electron chi connectivity index (χ2n) is 8.62. The lowest BCUT2D eigenvalue weighted by atomic mass is 10.1. The summed E-state index contributed by atoms with van der Waals surface area (Å²) < 4.78 is 5.39. The number of ether oxygens (including phenoxy) is 1. The van der Waals surface area contributed by atoms with E-state index < -0.39 is 12.1 Å². The molecule has 5 rings (SSSR count). The molecule has 2 aromatic heterocycles. The van der Waals surface area contributed by atoms with Crippen LogP contribution in [0.3, 0.4) is 0 Å². The Morgan fingerprint density at radius 2 is 1.97 bits per heavy atom. The van der Waals surface area contributed by atoms with E-state index in [2.05, 4.69) is 16.2 Å². The van der Waals surface area contributed by atoms with E-state index in [1.165, 1.54) is 22.7 Å². The molecule has 1 aliphatic rings. The first-order chi connectivity index (χ1) is 18.5. The highest BCUT2D eigenvalue weighted by Crippen LogP contribution is 2.39. The number of aromatic nitrogens is 2. The first-order valence-corrected chi connectivity index (χ1v) is 13.7. The Hall–Kier alpha value is -4.04. The van der Waals surface area contributed by atoms with Crippen molar-refractivity contribution in [3.05, 3.63) is 71.7 Å². The van der Waals surface area contributed by atoms with Crippen LogP contribution in [0.5, 0.6) is 5.75 Å². The Morgan fingerprint density at radius 1 is 1.18 bits per heavy atom. The molecule has 2 aromatic carbocycles. The van der Waals surface area contributed by atoms with Crippen LogP contribution in [0, 0.1) is 12.3 Å². The maximum atomic E-state index is 13.5. The molecule has 0 radical (unpaired) electrons. The Morgan fingerprint density at radius 3 is 2.68 bits per heavy atom. The number of rotatable bonds is 8. The molecule has 38 heavy (non-hydrogen) atoms. The maximum Gasteiger partial charge on any atom is 0.247 e. The van der Waals surface area contributed by atoms with E-state index in [1.807, 2.05) is 35.7 Å². The quantitative estimate of drug-likeness (QED) is 0.315. The van der Waals surface area contributed by atoms with Crippen molar-refractivity contribution in [1.29, 1.82) is 0 Å². The summed E-state index contributed by atoms with van der Waals surface area (Å²) in [6, 6.07) is 15.1. The summed E-state index contributed by atoms with van der Waals surface area (Å²) in [6.07, 6.45) is 8.23. The van der Waals surface area contributed by atoms with E-state index in [1.54, 1.807) is 35.4 Å². The number of thiazole rings is 2. The molecule has 192 valence electrons. The number of hydrogen-bond acceptors (Lipinski definition) is 8. The number of nitrogens with two attached hydrogens (primary N) is 1. The fourth-order valence-corrected chi connectivity index (χ4v) is 6.00. The monoisotopic (exact) mass is 543 g/mol. The van der Waals surface area contributed by atoms with Gasteiger partial charge in [-0.3, -0.25) is 9.59 Å². The second-order valence-corrected chi connectivity index (χ2v) is 10.5. The lowest BCUT2D eigenvalue weighted by Crippen LogP contribution is -2.46. The van der Waals surface area contributed by atoms with Crippen LogP contribution >= 0.6 is 22.7 Å². The number of amides is 2. The summed E-state index contributed by atoms with van der Waals surface area (Å²) in [5.74, 6) is 2.46. The number of hydrogen-bond donors (Lipinski definition) is 2. The average molecular weight is 544 g/mol. The Balaban J connectivity index is 1.34. The number of carbonyl (C=O) groups is 2. The molecule has 3 N–H and O–H groups in total. The number of anilines is 1. The number of nitrogens with one attached hydrogen (secondary N) is 1. The number of benzene rings is 2. The van der Waals surface area contributed by atoms with Crippen LogP contribution in [-0.4, -0.2) is 45.9 Å². The number of terminal acetylenes is 1. The molecule has 2 atom stereocenters. The minimum atomic E-state index is -0.898. The van der Waals surface area contributed by atoms with Gasteiger partial charge in [0.2, 0.25) is 11.8 Å². The lowest BCUT2D eigenvalue weighted by molar-refractivity contribution is -0.137. The van der Waals surface area contributed by atoms with E-state index in [0.717, 1.165) is 15.6 Å². The van der Waals surface area contributed by atoms with Gasteiger partial charge in [-0.2, -0.15) is 0 Å². The van der Waals surface area contributed by atoms with Gasteiger partial charge in [0.25, 0.3) is 0 Å². The molecule has 2 amide bonds. The topological polar surface area (TPSA) is 110 Å². The van der Waals surface area contributed by atoms with Crippen LogP contribution in [0.4, 0.5) is 5.00 Å². The Labute approximate surface area is 228 Å². The minimum Gasteiger partial charge on any atom is -0.481 e. The summed E-state index contributed by atoms with van der Waals surface area (Å²) >= 11 is 2.86. The highest BCUT2D eigenvalue weighted by atomic mass is 32.1. The summed E-state index contributed by atoms with van der Waals surface area (Å²) in [6.45, 7) is 0.624. The zero-order chi connectivity index (χ0) is 26.5. The van der Waals surface area contributed by atoms with Crippen LogP contribution in [0.2, 0.25) is 0 Å². The van der Waals surface area contributed by atoms with Crippen molar-refractivity contribution in [2.24, 2.45) is 5.73 Å². The van der Waals surface area contributed by atoms with Crippen molar-refractivity contribution in [3.63, 3.8) is 0 Å². The van der Waals surface area contributed by atoms with Crippen molar-refractivity contribution in [1.82, 2.24) is 14.9 Å². The van der Waals surface area contributed by atoms with Crippen molar-refractivity contribution in [2.45, 2.75) is 24.9 Å². The van der Waals surface area contributed by atoms with Crippen molar-refractivity contribution >= 4 is 39.5 Å². The minimum absolute atomic E-state index is 0.159. The highest BCUT2D eigenvalue weighted by molar-refractivity contribution is 7.23. The summed E-state index contributed by atoms with van der Waals surface area (Å²) in [5.41, 5.74) is 8.53. The SMILES string of the molecule is C#CCOc1ccc([C@H](N)C(=O)N2CCC[C@H]2C(=O)Nc2sc(-c3nccs3)nc2-c2ccccc2)cc1. The van der Waals surface area contributed by atoms with Crippen LogP contribution in [0.15, 0.2) is 66.2 Å². The van der Waals surface area contributed by atoms with Crippen molar-refractivity contribution in [2.75, 3.05) is 18.5 Å². The molecule has 0 bridgehead atoms. The molecular weight excluding hydrogens is 518 g/mol. The fraction of sp³-hybridized carbons (Fsp3) is 0.214. The number of likely N-dealkylation sites (tertiary alicyclic amines) is 1. The van der Waals surface area contributed by atoms with Crippen LogP contribution < -0.4 is 15.8 Å². The van der Waals surface area contributed by atoms with Gasteiger partial charge >= 0.3 is 0 Å². The molecule has 1 saturated heterocycles. The largest absolute Gasteiger partial charge is 0.481 e. The molecule has 0 unspecified atom stereocenters. The van der Waals surface area contributed by atoms with Crippen molar-refractivity contribution in [3.8, 4) is 39.4 Å². The molecule has 8 nitrogen and oxygen atoms in total.